The van der Waals surface area contributed by atoms with E-state index in [0.29, 0.717) is 12.0 Å². The van der Waals surface area contributed by atoms with Crippen LogP contribution in [0.5, 0.6) is 5.75 Å². The maximum Gasteiger partial charge on any atom is 0.573 e. The lowest BCUT2D eigenvalue weighted by Crippen LogP contribution is -2.17. The first-order valence-corrected chi connectivity index (χ1v) is 4.95. The number of hydrogen-bond donors (Lipinski definition) is 1. The van der Waals surface area contributed by atoms with Gasteiger partial charge in [-0.2, -0.15) is 0 Å². The van der Waals surface area contributed by atoms with Crippen LogP contribution in [-0.4, -0.2) is 17.4 Å². The van der Waals surface area contributed by atoms with Crippen molar-refractivity contribution in [2.24, 2.45) is 5.92 Å². The van der Waals surface area contributed by atoms with Crippen molar-refractivity contribution in [3.05, 3.63) is 29.8 Å². The molecule has 92 valence electrons. The van der Waals surface area contributed by atoms with E-state index < -0.39 is 18.2 Å². The molecule has 2 rings (SSSR count). The summed E-state index contributed by atoms with van der Waals surface area (Å²) in [6, 6.07) is 5.46. The van der Waals surface area contributed by atoms with E-state index in [9.17, 15) is 18.0 Å². The van der Waals surface area contributed by atoms with Gasteiger partial charge in [-0.25, -0.2) is 0 Å². The van der Waals surface area contributed by atoms with Gasteiger partial charge in [-0.1, -0.05) is 12.1 Å². The van der Waals surface area contributed by atoms with Crippen LogP contribution in [0.25, 0.3) is 0 Å². The molecule has 2 atom stereocenters. The first kappa shape index (κ1) is 11.8. The quantitative estimate of drug-likeness (QED) is 0.891. The van der Waals surface area contributed by atoms with Gasteiger partial charge in [-0.3, -0.25) is 4.79 Å². The molecule has 0 bridgehead atoms. The van der Waals surface area contributed by atoms with Gasteiger partial charge in [0.25, 0.3) is 0 Å². The molecule has 1 fully saturated rings. The zero-order valence-corrected chi connectivity index (χ0v) is 8.57. The summed E-state index contributed by atoms with van der Waals surface area (Å²) < 4.78 is 39.7. The van der Waals surface area contributed by atoms with Crippen LogP contribution in [0.4, 0.5) is 13.2 Å². The summed E-state index contributed by atoms with van der Waals surface area (Å²) >= 11 is 0. The molecule has 0 aromatic heterocycles. The lowest BCUT2D eigenvalue weighted by Gasteiger charge is -2.09. The number of benzene rings is 1. The second-order valence-electron chi connectivity index (χ2n) is 3.91. The third-order valence-corrected chi connectivity index (χ3v) is 2.63. The highest BCUT2D eigenvalue weighted by molar-refractivity contribution is 5.75. The first-order valence-electron chi connectivity index (χ1n) is 4.95. The van der Waals surface area contributed by atoms with Crippen molar-refractivity contribution in [3.63, 3.8) is 0 Å². The minimum Gasteiger partial charge on any atom is -0.481 e. The van der Waals surface area contributed by atoms with Crippen LogP contribution in [0.3, 0.4) is 0 Å². The Balaban J connectivity index is 2.11. The smallest absolute Gasteiger partial charge is 0.481 e. The molecule has 0 heterocycles. The second kappa shape index (κ2) is 3.94. The number of halogens is 3. The molecule has 1 N–H and O–H groups in total. The molecule has 1 saturated carbocycles. The Bertz CT molecular complexity index is 442. The molecule has 1 aromatic carbocycles. The van der Waals surface area contributed by atoms with Crippen molar-refractivity contribution < 1.29 is 27.8 Å². The number of rotatable bonds is 3. The molecule has 1 aromatic rings. The molecule has 3 nitrogen and oxygen atoms in total. The number of aliphatic carboxylic acids is 1. The molecule has 1 aliphatic rings. The molecule has 6 heteroatoms. The third-order valence-electron chi connectivity index (χ3n) is 2.63. The average Bonchev–Trinajstić information content (AvgIpc) is 2.94. The van der Waals surface area contributed by atoms with E-state index in [2.05, 4.69) is 4.74 Å². The SMILES string of the molecule is O=C(O)C1CC1c1cccc(OC(F)(F)F)c1. The lowest BCUT2D eigenvalue weighted by molar-refractivity contribution is -0.274. The van der Waals surface area contributed by atoms with Crippen molar-refractivity contribution in [3.8, 4) is 5.75 Å². The number of carboxylic acid groups (broad SMARTS) is 1. The molecule has 0 spiro atoms. The average molecular weight is 246 g/mol. The van der Waals surface area contributed by atoms with Crippen molar-refractivity contribution in [1.82, 2.24) is 0 Å². The Kier molecular flexibility index (Phi) is 2.73. The molecule has 0 amide bonds. The van der Waals surface area contributed by atoms with E-state index in [4.69, 9.17) is 5.11 Å². The van der Waals surface area contributed by atoms with Crippen molar-refractivity contribution in [2.75, 3.05) is 0 Å². The van der Waals surface area contributed by atoms with E-state index >= 15 is 0 Å². The highest BCUT2D eigenvalue weighted by atomic mass is 19.4. The summed E-state index contributed by atoms with van der Waals surface area (Å²) in [6.07, 6.45) is -4.26. The predicted octanol–water partition coefficient (Wildman–Crippen LogP) is 2.77. The molecule has 0 radical (unpaired) electrons. The van der Waals surface area contributed by atoms with Gasteiger partial charge in [0.1, 0.15) is 5.75 Å². The maximum absolute atomic E-state index is 12.0. The summed E-state index contributed by atoms with van der Waals surface area (Å²) in [4.78, 5) is 10.6. The van der Waals surface area contributed by atoms with Crippen molar-refractivity contribution in [2.45, 2.75) is 18.7 Å². The lowest BCUT2D eigenvalue weighted by atomic mass is 10.1. The second-order valence-corrected chi connectivity index (χ2v) is 3.91. The number of carboxylic acids is 1. The fourth-order valence-corrected chi connectivity index (χ4v) is 1.78. The Morgan fingerprint density at radius 3 is 2.65 bits per heavy atom. The molecular weight excluding hydrogens is 237 g/mol. The van der Waals surface area contributed by atoms with Crippen LogP contribution in [0.2, 0.25) is 0 Å². The third kappa shape index (κ3) is 2.89. The zero-order valence-electron chi connectivity index (χ0n) is 8.57. The summed E-state index contributed by atoms with van der Waals surface area (Å²) in [6.45, 7) is 0. The van der Waals surface area contributed by atoms with E-state index in [1.807, 2.05) is 0 Å². The number of ether oxygens (including phenoxy) is 1. The minimum absolute atomic E-state index is 0.204. The summed E-state index contributed by atoms with van der Waals surface area (Å²) in [7, 11) is 0. The van der Waals surface area contributed by atoms with Gasteiger partial charge in [-0.05, 0) is 30.0 Å². The molecular formula is C11H9F3O3. The van der Waals surface area contributed by atoms with Crippen molar-refractivity contribution >= 4 is 5.97 Å². The maximum atomic E-state index is 12.0. The zero-order chi connectivity index (χ0) is 12.6. The van der Waals surface area contributed by atoms with Gasteiger partial charge in [0.05, 0.1) is 5.92 Å². The monoisotopic (exact) mass is 246 g/mol. The minimum atomic E-state index is -4.73. The molecule has 17 heavy (non-hydrogen) atoms. The van der Waals surface area contributed by atoms with Crippen LogP contribution in [0, 0.1) is 5.92 Å². The van der Waals surface area contributed by atoms with E-state index in [-0.39, 0.29) is 11.7 Å². The number of alkyl halides is 3. The Hall–Kier alpha value is -1.72. The highest BCUT2D eigenvalue weighted by Gasteiger charge is 2.44. The van der Waals surface area contributed by atoms with Gasteiger partial charge in [-0.15, -0.1) is 13.2 Å². The largest absolute Gasteiger partial charge is 0.573 e. The topological polar surface area (TPSA) is 46.5 Å². The van der Waals surface area contributed by atoms with Gasteiger partial charge in [0.2, 0.25) is 0 Å². The predicted molar refractivity (Wildman–Crippen MR) is 51.6 cm³/mol. The summed E-state index contributed by atoms with van der Waals surface area (Å²) in [5, 5.41) is 8.73. The Labute approximate surface area is 94.8 Å². The number of carbonyl (C=O) groups is 1. The van der Waals surface area contributed by atoms with Crippen LogP contribution in [0.15, 0.2) is 24.3 Å². The van der Waals surface area contributed by atoms with Crippen LogP contribution in [0.1, 0.15) is 17.9 Å². The first-order chi connectivity index (χ1) is 7.87. The van der Waals surface area contributed by atoms with Crippen molar-refractivity contribution in [1.29, 1.82) is 0 Å². The standard InChI is InChI=1S/C11H9F3O3/c12-11(13,14)17-7-3-1-2-6(4-7)8-5-9(8)10(15)16/h1-4,8-9H,5H2,(H,15,16). The fourth-order valence-electron chi connectivity index (χ4n) is 1.78. The molecule has 0 saturated heterocycles. The molecule has 1 aliphatic carbocycles. The molecule has 0 aliphatic heterocycles. The van der Waals surface area contributed by atoms with E-state index in [1.165, 1.54) is 18.2 Å². The van der Waals surface area contributed by atoms with E-state index in [1.54, 1.807) is 6.07 Å². The summed E-state index contributed by atoms with van der Waals surface area (Å²) in [5.41, 5.74) is 0.569. The van der Waals surface area contributed by atoms with Gasteiger partial charge in [0.15, 0.2) is 0 Å². The van der Waals surface area contributed by atoms with Crippen LogP contribution < -0.4 is 4.74 Å². The normalized spacial score (nSPS) is 23.2. The Morgan fingerprint density at radius 2 is 2.12 bits per heavy atom. The van der Waals surface area contributed by atoms with Crippen LogP contribution in [-0.2, 0) is 4.79 Å². The van der Waals surface area contributed by atoms with Gasteiger partial charge >= 0.3 is 12.3 Å². The highest BCUT2D eigenvalue weighted by Crippen LogP contribution is 2.48. The summed E-state index contributed by atoms with van der Waals surface area (Å²) in [5.74, 6) is -1.93. The number of hydrogen-bond acceptors (Lipinski definition) is 2. The Morgan fingerprint density at radius 1 is 1.41 bits per heavy atom. The fraction of sp³-hybridized carbons (Fsp3) is 0.364. The molecule has 2 unspecified atom stereocenters. The van der Waals surface area contributed by atoms with Crippen LogP contribution >= 0.6 is 0 Å². The van der Waals surface area contributed by atoms with Gasteiger partial charge in [0, 0.05) is 0 Å². The van der Waals surface area contributed by atoms with E-state index in [0.717, 1.165) is 0 Å². The van der Waals surface area contributed by atoms with Gasteiger partial charge < -0.3 is 9.84 Å².